The minimum absolute atomic E-state index is 0.448. The van der Waals surface area contributed by atoms with Gasteiger partial charge in [0.2, 0.25) is 0 Å². The second-order valence-corrected chi connectivity index (χ2v) is 3.66. The first-order valence-corrected chi connectivity index (χ1v) is 5.32. The van der Waals surface area contributed by atoms with Crippen LogP contribution in [0.2, 0.25) is 0 Å². The predicted octanol–water partition coefficient (Wildman–Crippen LogP) is 2.05. The van der Waals surface area contributed by atoms with Crippen molar-refractivity contribution in [1.29, 1.82) is 0 Å². The van der Waals surface area contributed by atoms with Crippen LogP contribution in [0, 0.1) is 18.6 Å². The summed E-state index contributed by atoms with van der Waals surface area (Å²) in [5.41, 5.74) is 0.968. The van der Waals surface area contributed by atoms with Crippen molar-refractivity contribution < 1.29 is 13.5 Å². The minimum Gasteiger partial charge on any atom is -0.380 e. The second kappa shape index (κ2) is 6.55. The third-order valence-corrected chi connectivity index (χ3v) is 2.34. The van der Waals surface area contributed by atoms with Gasteiger partial charge in [-0.25, -0.2) is 8.78 Å². The van der Waals surface area contributed by atoms with Crippen molar-refractivity contribution in [1.82, 2.24) is 5.32 Å². The molecule has 90 valence electrons. The zero-order chi connectivity index (χ0) is 12.0. The molecule has 0 spiro atoms. The van der Waals surface area contributed by atoms with Crippen molar-refractivity contribution in [2.24, 2.45) is 0 Å². The Morgan fingerprint density at radius 3 is 2.62 bits per heavy atom. The van der Waals surface area contributed by atoms with E-state index in [9.17, 15) is 8.78 Å². The summed E-state index contributed by atoms with van der Waals surface area (Å²) in [6.45, 7) is 3.44. The standard InChI is InChI=1S/C12H17F2NO/c1-9-7-10(12(14)8-11(9)13)3-5-16-6-4-15-2/h7-8,15H,3-6H2,1-2H3. The lowest BCUT2D eigenvalue weighted by Crippen LogP contribution is -2.15. The van der Waals surface area contributed by atoms with Gasteiger partial charge in [0.1, 0.15) is 11.6 Å². The van der Waals surface area contributed by atoms with Crippen LogP contribution < -0.4 is 5.32 Å². The summed E-state index contributed by atoms with van der Waals surface area (Å²) < 4.78 is 31.5. The first kappa shape index (κ1) is 13.1. The Morgan fingerprint density at radius 2 is 1.94 bits per heavy atom. The fourth-order valence-electron chi connectivity index (χ4n) is 1.37. The predicted molar refractivity (Wildman–Crippen MR) is 59.5 cm³/mol. The first-order chi connectivity index (χ1) is 7.65. The molecule has 0 saturated carbocycles. The number of rotatable bonds is 6. The lowest BCUT2D eigenvalue weighted by molar-refractivity contribution is 0.139. The van der Waals surface area contributed by atoms with Crippen molar-refractivity contribution in [3.8, 4) is 0 Å². The average molecular weight is 229 g/mol. The van der Waals surface area contributed by atoms with Crippen LogP contribution in [0.3, 0.4) is 0 Å². The van der Waals surface area contributed by atoms with Crippen LogP contribution in [0.4, 0.5) is 8.78 Å². The lowest BCUT2D eigenvalue weighted by atomic mass is 10.1. The molecular weight excluding hydrogens is 212 g/mol. The Hall–Kier alpha value is -1.00. The maximum atomic E-state index is 13.3. The number of ether oxygens (including phenoxy) is 1. The van der Waals surface area contributed by atoms with Crippen molar-refractivity contribution in [3.63, 3.8) is 0 Å². The van der Waals surface area contributed by atoms with Crippen molar-refractivity contribution in [3.05, 3.63) is 34.9 Å². The summed E-state index contributed by atoms with van der Waals surface area (Å²) in [6.07, 6.45) is 0.469. The molecular formula is C12H17F2NO. The normalized spacial score (nSPS) is 10.8. The molecule has 2 nitrogen and oxygen atoms in total. The smallest absolute Gasteiger partial charge is 0.129 e. The summed E-state index contributed by atoms with van der Waals surface area (Å²) in [6, 6.07) is 2.46. The molecule has 0 aliphatic heterocycles. The Labute approximate surface area is 94.6 Å². The van der Waals surface area contributed by atoms with Gasteiger partial charge in [-0.1, -0.05) is 6.07 Å². The highest BCUT2D eigenvalue weighted by atomic mass is 19.1. The van der Waals surface area contributed by atoms with E-state index in [1.165, 1.54) is 6.07 Å². The molecule has 0 radical (unpaired) electrons. The molecule has 0 aromatic heterocycles. The van der Waals surface area contributed by atoms with Gasteiger partial charge in [0, 0.05) is 12.6 Å². The maximum Gasteiger partial charge on any atom is 0.129 e. The fourth-order valence-corrected chi connectivity index (χ4v) is 1.37. The Balaban J connectivity index is 2.45. The van der Waals surface area contributed by atoms with E-state index in [1.54, 1.807) is 6.92 Å². The number of benzene rings is 1. The molecule has 0 atom stereocenters. The summed E-state index contributed by atoms with van der Waals surface area (Å²) in [5.74, 6) is -1.00. The number of halogens is 2. The van der Waals surface area contributed by atoms with Crippen molar-refractivity contribution in [2.45, 2.75) is 13.3 Å². The minimum atomic E-state index is -0.502. The van der Waals surface area contributed by atoms with E-state index in [0.717, 1.165) is 12.6 Å². The van der Waals surface area contributed by atoms with Crippen LogP contribution in [-0.4, -0.2) is 26.8 Å². The topological polar surface area (TPSA) is 21.3 Å². The zero-order valence-corrected chi connectivity index (χ0v) is 9.65. The SMILES string of the molecule is CNCCOCCc1cc(C)c(F)cc1F. The zero-order valence-electron chi connectivity index (χ0n) is 9.65. The molecule has 0 saturated heterocycles. The van der Waals surface area contributed by atoms with Gasteiger partial charge in [-0.15, -0.1) is 0 Å². The molecule has 4 heteroatoms. The molecule has 1 aromatic rings. The summed E-state index contributed by atoms with van der Waals surface area (Å²) in [7, 11) is 1.84. The highest BCUT2D eigenvalue weighted by Crippen LogP contribution is 2.14. The molecule has 1 rings (SSSR count). The maximum absolute atomic E-state index is 13.3. The van der Waals surface area contributed by atoms with Gasteiger partial charge >= 0.3 is 0 Å². The fraction of sp³-hybridized carbons (Fsp3) is 0.500. The number of aryl methyl sites for hydroxylation is 1. The molecule has 1 N–H and O–H groups in total. The third kappa shape index (κ3) is 3.87. The third-order valence-electron chi connectivity index (χ3n) is 2.34. The molecule has 0 aliphatic rings. The van der Waals surface area contributed by atoms with Crippen LogP contribution >= 0.6 is 0 Å². The summed E-state index contributed by atoms with van der Waals surface area (Å²) >= 11 is 0. The molecule has 0 heterocycles. The van der Waals surface area contributed by atoms with E-state index in [0.29, 0.717) is 30.8 Å². The molecule has 0 aliphatic carbocycles. The van der Waals surface area contributed by atoms with Gasteiger partial charge < -0.3 is 10.1 Å². The summed E-state index contributed by atoms with van der Waals surface area (Å²) in [5, 5.41) is 2.95. The van der Waals surface area contributed by atoms with Crippen LogP contribution in [0.15, 0.2) is 12.1 Å². The van der Waals surface area contributed by atoms with Gasteiger partial charge in [0.25, 0.3) is 0 Å². The highest BCUT2D eigenvalue weighted by Gasteiger charge is 2.06. The van der Waals surface area contributed by atoms with Crippen LogP contribution in [-0.2, 0) is 11.2 Å². The Morgan fingerprint density at radius 1 is 1.19 bits per heavy atom. The van der Waals surface area contributed by atoms with E-state index in [2.05, 4.69) is 5.32 Å². The van der Waals surface area contributed by atoms with Crippen LogP contribution in [0.1, 0.15) is 11.1 Å². The first-order valence-electron chi connectivity index (χ1n) is 5.32. The van der Waals surface area contributed by atoms with Crippen LogP contribution in [0.5, 0.6) is 0 Å². The summed E-state index contributed by atoms with van der Waals surface area (Å²) in [4.78, 5) is 0. The number of hydrogen-bond acceptors (Lipinski definition) is 2. The number of hydrogen-bond donors (Lipinski definition) is 1. The van der Waals surface area contributed by atoms with E-state index in [1.807, 2.05) is 7.05 Å². The molecule has 1 aromatic carbocycles. The molecule has 0 bridgehead atoms. The molecule has 0 amide bonds. The van der Waals surface area contributed by atoms with Crippen molar-refractivity contribution in [2.75, 3.05) is 26.8 Å². The average Bonchev–Trinajstić information content (AvgIpc) is 2.25. The number of nitrogens with one attached hydrogen (secondary N) is 1. The van der Waals surface area contributed by atoms with Crippen LogP contribution in [0.25, 0.3) is 0 Å². The molecule has 16 heavy (non-hydrogen) atoms. The highest BCUT2D eigenvalue weighted by molar-refractivity contribution is 5.25. The quantitative estimate of drug-likeness (QED) is 0.754. The lowest BCUT2D eigenvalue weighted by Gasteiger charge is -2.06. The van der Waals surface area contributed by atoms with Crippen molar-refractivity contribution >= 4 is 0 Å². The second-order valence-electron chi connectivity index (χ2n) is 3.66. The van der Waals surface area contributed by atoms with Gasteiger partial charge in [-0.05, 0) is 31.5 Å². The number of likely N-dealkylation sites (N-methyl/N-ethyl adjacent to an activating group) is 1. The van der Waals surface area contributed by atoms with Gasteiger partial charge in [0.05, 0.1) is 13.2 Å². The van der Waals surface area contributed by atoms with Gasteiger partial charge in [0.15, 0.2) is 0 Å². The van der Waals surface area contributed by atoms with E-state index in [-0.39, 0.29) is 0 Å². The largest absolute Gasteiger partial charge is 0.380 e. The molecule has 0 unspecified atom stereocenters. The van der Waals surface area contributed by atoms with Gasteiger partial charge in [-0.2, -0.15) is 0 Å². The Kier molecular flexibility index (Phi) is 5.35. The molecule has 0 fully saturated rings. The van der Waals surface area contributed by atoms with E-state index >= 15 is 0 Å². The van der Waals surface area contributed by atoms with E-state index < -0.39 is 11.6 Å². The monoisotopic (exact) mass is 229 g/mol. The van der Waals surface area contributed by atoms with E-state index in [4.69, 9.17) is 4.74 Å². The Bertz CT molecular complexity index is 342. The van der Waals surface area contributed by atoms with Gasteiger partial charge in [-0.3, -0.25) is 0 Å².